The molecule has 44 heavy (non-hydrogen) atoms. The zero-order valence-corrected chi connectivity index (χ0v) is 25.3. The van der Waals surface area contributed by atoms with Crippen LogP contribution < -0.4 is 20.3 Å². The van der Waals surface area contributed by atoms with Gasteiger partial charge in [-0.2, -0.15) is 0 Å². The summed E-state index contributed by atoms with van der Waals surface area (Å²) in [6.07, 6.45) is 1.66. The lowest BCUT2D eigenvalue weighted by Crippen LogP contribution is -2.31. The minimum atomic E-state index is -0.592. The molecule has 0 aromatic heterocycles. The molecule has 4 amide bonds. The third-order valence-corrected chi connectivity index (χ3v) is 8.36. The van der Waals surface area contributed by atoms with Crippen molar-refractivity contribution in [3.8, 4) is 5.75 Å². The molecule has 0 unspecified atom stereocenters. The van der Waals surface area contributed by atoms with Gasteiger partial charge < -0.3 is 15.4 Å². The minimum Gasteiger partial charge on any atom is -0.497 e. The van der Waals surface area contributed by atoms with E-state index in [4.69, 9.17) is 4.74 Å². The van der Waals surface area contributed by atoms with E-state index in [0.29, 0.717) is 33.1 Å². The summed E-state index contributed by atoms with van der Waals surface area (Å²) in [4.78, 5) is 54.5. The van der Waals surface area contributed by atoms with Crippen molar-refractivity contribution in [2.24, 2.45) is 0 Å². The Bertz CT molecular complexity index is 1750. The molecule has 1 heterocycles. The summed E-state index contributed by atoms with van der Waals surface area (Å²) in [6.45, 7) is 3.92. The van der Waals surface area contributed by atoms with Crippen molar-refractivity contribution in [3.63, 3.8) is 0 Å². The quantitative estimate of drug-likeness (QED) is 0.175. The van der Waals surface area contributed by atoms with Crippen LogP contribution in [0.5, 0.6) is 5.75 Å². The number of carbonyl (C=O) groups excluding carboxylic acids is 4. The van der Waals surface area contributed by atoms with Gasteiger partial charge in [0.2, 0.25) is 11.8 Å². The maximum atomic E-state index is 13.5. The maximum absolute atomic E-state index is 13.5. The van der Waals surface area contributed by atoms with Crippen molar-refractivity contribution in [3.05, 3.63) is 125 Å². The first-order valence-corrected chi connectivity index (χ1v) is 14.8. The number of carbonyl (C=O) groups is 4. The van der Waals surface area contributed by atoms with Gasteiger partial charge in [0.05, 0.1) is 18.0 Å². The molecule has 1 saturated heterocycles. The highest BCUT2D eigenvalue weighted by Gasteiger charge is 2.40. The lowest BCUT2D eigenvalue weighted by atomic mass is 10.1. The number of ether oxygens (including phenoxy) is 1. The fourth-order valence-electron chi connectivity index (χ4n) is 4.65. The number of hydrogen-bond acceptors (Lipinski definition) is 6. The molecule has 0 radical (unpaired) electrons. The molecule has 0 aliphatic carbocycles. The molecule has 8 nitrogen and oxygen atoms in total. The van der Waals surface area contributed by atoms with E-state index in [1.165, 1.54) is 16.7 Å². The number of thioether (sulfide) groups is 1. The average molecular weight is 606 g/mol. The van der Waals surface area contributed by atoms with Crippen LogP contribution in [0.1, 0.15) is 33.5 Å². The van der Waals surface area contributed by atoms with Gasteiger partial charge in [0.1, 0.15) is 11.4 Å². The van der Waals surface area contributed by atoms with E-state index < -0.39 is 17.1 Å². The van der Waals surface area contributed by atoms with Gasteiger partial charge in [0.25, 0.3) is 11.8 Å². The molecule has 5 rings (SSSR count). The number of rotatable bonds is 9. The van der Waals surface area contributed by atoms with Crippen LogP contribution in [0.15, 0.2) is 108 Å². The van der Waals surface area contributed by atoms with Crippen molar-refractivity contribution in [2.75, 3.05) is 17.3 Å². The van der Waals surface area contributed by atoms with Crippen LogP contribution >= 0.6 is 11.8 Å². The Labute approximate surface area is 260 Å². The van der Waals surface area contributed by atoms with E-state index in [0.717, 1.165) is 11.1 Å². The smallest absolute Gasteiger partial charge is 0.272 e. The molecule has 9 heteroatoms. The third kappa shape index (κ3) is 7.07. The molecule has 0 spiro atoms. The van der Waals surface area contributed by atoms with E-state index in [1.807, 2.05) is 32.0 Å². The summed E-state index contributed by atoms with van der Waals surface area (Å²) < 4.78 is 5.22. The predicted molar refractivity (Wildman–Crippen MR) is 173 cm³/mol. The lowest BCUT2D eigenvalue weighted by Gasteiger charge is -2.16. The van der Waals surface area contributed by atoms with E-state index in [-0.39, 0.29) is 23.9 Å². The highest BCUT2D eigenvalue weighted by Crippen LogP contribution is 2.35. The van der Waals surface area contributed by atoms with Gasteiger partial charge in [-0.25, -0.2) is 4.90 Å². The van der Waals surface area contributed by atoms with Crippen molar-refractivity contribution in [1.82, 2.24) is 5.32 Å². The zero-order valence-electron chi connectivity index (χ0n) is 24.5. The van der Waals surface area contributed by atoms with E-state index in [1.54, 1.807) is 92.0 Å². The zero-order chi connectivity index (χ0) is 31.2. The first-order chi connectivity index (χ1) is 21.2. The maximum Gasteiger partial charge on any atom is 0.272 e. The molecule has 0 bridgehead atoms. The van der Waals surface area contributed by atoms with Gasteiger partial charge in [-0.15, -0.1) is 11.8 Å². The summed E-state index contributed by atoms with van der Waals surface area (Å²) >= 11 is 1.27. The SMILES string of the molecule is COc1ccc(/C=C(\NC(=O)c2ccccc2)C(=O)Nc2cccc(S[C@H]3CC(=O)N(c4ccc(C)c(C)c4)C3=O)c2)cc1. The largest absolute Gasteiger partial charge is 0.497 e. The predicted octanol–water partition coefficient (Wildman–Crippen LogP) is 6.15. The first kappa shape index (κ1) is 30.3. The second kappa shape index (κ2) is 13.4. The van der Waals surface area contributed by atoms with E-state index >= 15 is 0 Å². The number of benzene rings is 4. The Hall–Kier alpha value is -5.15. The number of nitrogens with zero attached hydrogens (tertiary/aromatic N) is 1. The third-order valence-electron chi connectivity index (χ3n) is 7.18. The van der Waals surface area contributed by atoms with Crippen LogP contribution in [0.4, 0.5) is 11.4 Å². The monoisotopic (exact) mass is 605 g/mol. The van der Waals surface area contributed by atoms with Crippen LogP contribution in [-0.4, -0.2) is 36.0 Å². The average Bonchev–Trinajstić information content (AvgIpc) is 3.30. The van der Waals surface area contributed by atoms with Crippen molar-refractivity contribution in [2.45, 2.75) is 30.4 Å². The molecule has 1 aliphatic heterocycles. The normalized spacial score (nSPS) is 14.8. The molecule has 2 N–H and O–H groups in total. The lowest BCUT2D eigenvalue weighted by molar-refractivity contribution is -0.121. The first-order valence-electron chi connectivity index (χ1n) is 14.0. The Morgan fingerprint density at radius 2 is 1.64 bits per heavy atom. The molecular formula is C35H31N3O5S. The van der Waals surface area contributed by atoms with Crippen LogP contribution in [0.2, 0.25) is 0 Å². The number of hydrogen-bond donors (Lipinski definition) is 2. The second-order valence-corrected chi connectivity index (χ2v) is 11.6. The molecule has 222 valence electrons. The van der Waals surface area contributed by atoms with Crippen molar-refractivity contribution in [1.29, 1.82) is 0 Å². The highest BCUT2D eigenvalue weighted by molar-refractivity contribution is 8.00. The molecule has 4 aromatic rings. The fourth-order valence-corrected chi connectivity index (χ4v) is 5.76. The molecule has 1 atom stereocenters. The molecular weight excluding hydrogens is 574 g/mol. The highest BCUT2D eigenvalue weighted by atomic mass is 32.2. The molecule has 1 fully saturated rings. The van der Waals surface area contributed by atoms with Crippen molar-refractivity contribution < 1.29 is 23.9 Å². The second-order valence-electron chi connectivity index (χ2n) is 10.3. The number of anilines is 2. The summed E-state index contributed by atoms with van der Waals surface area (Å²) in [7, 11) is 1.57. The number of methoxy groups -OCH3 is 1. The fraction of sp³-hybridized carbons (Fsp3) is 0.143. The van der Waals surface area contributed by atoms with Crippen LogP contribution in [0.3, 0.4) is 0 Å². The number of aryl methyl sites for hydroxylation is 2. The summed E-state index contributed by atoms with van der Waals surface area (Å²) in [5.74, 6) is -0.813. The van der Waals surface area contributed by atoms with E-state index in [2.05, 4.69) is 10.6 Å². The van der Waals surface area contributed by atoms with Gasteiger partial charge in [-0.3, -0.25) is 19.2 Å². The van der Waals surface area contributed by atoms with Crippen LogP contribution in [-0.2, 0) is 14.4 Å². The van der Waals surface area contributed by atoms with Gasteiger partial charge in [0, 0.05) is 22.6 Å². The van der Waals surface area contributed by atoms with E-state index in [9.17, 15) is 19.2 Å². The van der Waals surface area contributed by atoms with Crippen LogP contribution in [0, 0.1) is 13.8 Å². The Balaban J connectivity index is 1.33. The van der Waals surface area contributed by atoms with Crippen molar-refractivity contribution >= 4 is 52.8 Å². The number of nitrogens with one attached hydrogen (secondary N) is 2. The summed E-state index contributed by atoms with van der Waals surface area (Å²) in [5.41, 5.74) is 4.26. The van der Waals surface area contributed by atoms with Gasteiger partial charge in [-0.05, 0) is 91.2 Å². The number of amides is 4. The Morgan fingerprint density at radius 3 is 2.34 bits per heavy atom. The van der Waals surface area contributed by atoms with Gasteiger partial charge in [0.15, 0.2) is 0 Å². The Kier molecular flexibility index (Phi) is 9.26. The molecule has 0 saturated carbocycles. The summed E-state index contributed by atoms with van der Waals surface area (Å²) in [6, 6.07) is 28.3. The van der Waals surface area contributed by atoms with Gasteiger partial charge >= 0.3 is 0 Å². The van der Waals surface area contributed by atoms with Crippen LogP contribution in [0.25, 0.3) is 6.08 Å². The Morgan fingerprint density at radius 1 is 0.886 bits per heavy atom. The number of imide groups is 1. The molecule has 1 aliphatic rings. The minimum absolute atomic E-state index is 0.0441. The summed E-state index contributed by atoms with van der Waals surface area (Å²) in [5, 5.41) is 4.99. The topological polar surface area (TPSA) is 105 Å². The standard InChI is InChI=1S/C35H31N3O5S/c1-22-12-15-27(18-23(22)2)38-32(39)21-31(35(38)42)44-29-11-7-10-26(20-29)36-34(41)30(19-24-13-16-28(43-3)17-14-24)37-33(40)25-8-5-4-6-9-25/h4-20,31H,21H2,1-3H3,(H,36,41)(H,37,40)/b30-19-/t31-/m0/s1. The van der Waals surface area contributed by atoms with Gasteiger partial charge in [-0.1, -0.05) is 42.5 Å². The molecule has 4 aromatic carbocycles.